The van der Waals surface area contributed by atoms with Crippen LogP contribution in [0.1, 0.15) is 28.6 Å². The largest absolute Gasteiger partial charge is 0.467 e. The van der Waals surface area contributed by atoms with Crippen molar-refractivity contribution in [1.82, 2.24) is 0 Å². The number of nitrogens with two attached hydrogens (primary N) is 1. The van der Waals surface area contributed by atoms with Crippen LogP contribution < -0.4 is 10.6 Å². The highest BCUT2D eigenvalue weighted by Crippen LogP contribution is 2.33. The van der Waals surface area contributed by atoms with E-state index < -0.39 is 18.5 Å². The number of amides is 1. The van der Waals surface area contributed by atoms with Crippen LogP contribution in [0.25, 0.3) is 0 Å². The van der Waals surface area contributed by atoms with Crippen LogP contribution in [0.4, 0.5) is 5.69 Å². The lowest BCUT2D eigenvalue weighted by Crippen LogP contribution is -2.29. The van der Waals surface area contributed by atoms with Gasteiger partial charge in [-0.25, -0.2) is 4.79 Å². The van der Waals surface area contributed by atoms with Gasteiger partial charge in [-0.05, 0) is 31.0 Å². The van der Waals surface area contributed by atoms with Crippen molar-refractivity contribution < 1.29 is 18.7 Å². The summed E-state index contributed by atoms with van der Waals surface area (Å²) in [6.07, 6.45) is 2.40. The number of furan rings is 1. The summed E-state index contributed by atoms with van der Waals surface area (Å²) in [6.45, 7) is 2.16. The maximum atomic E-state index is 12.0. The zero-order valence-corrected chi connectivity index (χ0v) is 12.8. The van der Waals surface area contributed by atoms with Crippen LogP contribution in [0.5, 0.6) is 0 Å². The van der Waals surface area contributed by atoms with Gasteiger partial charge in [-0.1, -0.05) is 18.2 Å². The first-order valence-electron chi connectivity index (χ1n) is 7.42. The van der Waals surface area contributed by atoms with Crippen molar-refractivity contribution in [3.8, 4) is 0 Å². The van der Waals surface area contributed by atoms with E-state index in [-0.39, 0.29) is 0 Å². The van der Waals surface area contributed by atoms with Crippen molar-refractivity contribution in [3.05, 3.63) is 53.5 Å². The van der Waals surface area contributed by atoms with E-state index in [2.05, 4.69) is 24.0 Å². The predicted molar refractivity (Wildman–Crippen MR) is 84.0 cm³/mol. The lowest BCUT2D eigenvalue weighted by molar-refractivity contribution is -0.121. The number of benzene rings is 1. The molecule has 0 saturated carbocycles. The molecule has 1 aliphatic heterocycles. The summed E-state index contributed by atoms with van der Waals surface area (Å²) in [5.74, 6) is -0.777. The van der Waals surface area contributed by atoms with Gasteiger partial charge < -0.3 is 19.8 Å². The second kappa shape index (κ2) is 6.16. The number of hydrogen-bond donors (Lipinski definition) is 1. The van der Waals surface area contributed by atoms with Crippen molar-refractivity contribution in [1.29, 1.82) is 0 Å². The number of fused-ring (bicyclic) bond motifs is 1. The maximum absolute atomic E-state index is 12.0. The lowest BCUT2D eigenvalue weighted by Gasteiger charge is -2.24. The fourth-order valence-electron chi connectivity index (χ4n) is 2.88. The second-order valence-corrected chi connectivity index (χ2v) is 5.61. The molecule has 120 valence electrons. The minimum Gasteiger partial charge on any atom is -0.467 e. The standard InChI is InChI=1S/C17H18N2O4/c1-11-8-12-4-2-3-5-14(12)19(11)9-15-13(6-7-22-15)17(21)23-10-16(18)20/h2-7,11H,8-10H2,1H3,(H2,18,20)/t11-/m1/s1. The molecule has 0 saturated heterocycles. The molecule has 6 heteroatoms. The van der Waals surface area contributed by atoms with Crippen LogP contribution in [0.3, 0.4) is 0 Å². The highest BCUT2D eigenvalue weighted by Gasteiger charge is 2.28. The molecule has 0 unspecified atom stereocenters. The summed E-state index contributed by atoms with van der Waals surface area (Å²) in [5.41, 5.74) is 7.74. The molecule has 0 radical (unpaired) electrons. The highest BCUT2D eigenvalue weighted by atomic mass is 16.5. The fraction of sp³-hybridized carbons (Fsp3) is 0.294. The van der Waals surface area contributed by atoms with E-state index in [0.717, 1.165) is 12.1 Å². The van der Waals surface area contributed by atoms with E-state index in [1.165, 1.54) is 11.8 Å². The molecule has 6 nitrogen and oxygen atoms in total. The summed E-state index contributed by atoms with van der Waals surface area (Å²) in [4.78, 5) is 24.9. The van der Waals surface area contributed by atoms with Crippen LogP contribution in [-0.4, -0.2) is 24.5 Å². The smallest absolute Gasteiger partial charge is 0.342 e. The molecule has 1 amide bonds. The molecule has 0 bridgehead atoms. The molecule has 1 aliphatic rings. The van der Waals surface area contributed by atoms with Crippen molar-refractivity contribution in [2.45, 2.75) is 25.9 Å². The quantitative estimate of drug-likeness (QED) is 0.852. The Kier molecular flexibility index (Phi) is 4.06. The summed E-state index contributed by atoms with van der Waals surface area (Å²) in [7, 11) is 0. The van der Waals surface area contributed by atoms with Gasteiger partial charge in [0.15, 0.2) is 6.61 Å². The number of carbonyl (C=O) groups is 2. The number of nitrogens with zero attached hydrogens (tertiary/aromatic N) is 1. The van der Waals surface area contributed by atoms with E-state index in [0.29, 0.717) is 23.9 Å². The van der Waals surface area contributed by atoms with Crippen molar-refractivity contribution in [2.75, 3.05) is 11.5 Å². The van der Waals surface area contributed by atoms with Gasteiger partial charge in [-0.2, -0.15) is 0 Å². The van der Waals surface area contributed by atoms with Crippen molar-refractivity contribution in [2.24, 2.45) is 5.73 Å². The first kappa shape index (κ1) is 15.1. The SMILES string of the molecule is C[C@@H]1Cc2ccccc2N1Cc1occc1C(=O)OCC(N)=O. The summed E-state index contributed by atoms with van der Waals surface area (Å²) < 4.78 is 10.3. The topological polar surface area (TPSA) is 85.8 Å². The monoisotopic (exact) mass is 314 g/mol. The Morgan fingerprint density at radius 1 is 1.35 bits per heavy atom. The predicted octanol–water partition coefficient (Wildman–Crippen LogP) is 1.87. The number of primary amides is 1. The number of anilines is 1. The van der Waals surface area contributed by atoms with Gasteiger partial charge in [-0.15, -0.1) is 0 Å². The normalized spacial score (nSPS) is 16.2. The maximum Gasteiger partial charge on any atom is 0.342 e. The molecule has 2 aromatic rings. The van der Waals surface area contributed by atoms with Crippen LogP contribution in [0.2, 0.25) is 0 Å². The fourth-order valence-corrected chi connectivity index (χ4v) is 2.88. The third kappa shape index (κ3) is 3.06. The molecule has 0 aliphatic carbocycles. The van der Waals surface area contributed by atoms with Crippen LogP contribution >= 0.6 is 0 Å². The Balaban J connectivity index is 1.78. The Morgan fingerprint density at radius 2 is 2.13 bits per heavy atom. The minimum absolute atomic E-state index is 0.312. The van der Waals surface area contributed by atoms with Gasteiger partial charge in [-0.3, -0.25) is 4.79 Å². The first-order chi connectivity index (χ1) is 11.1. The zero-order chi connectivity index (χ0) is 16.4. The van der Waals surface area contributed by atoms with E-state index in [4.69, 9.17) is 14.9 Å². The van der Waals surface area contributed by atoms with Crippen molar-refractivity contribution >= 4 is 17.6 Å². The Labute approximate surface area is 133 Å². The van der Waals surface area contributed by atoms with Gasteiger partial charge >= 0.3 is 5.97 Å². The molecule has 1 aromatic carbocycles. The number of para-hydroxylation sites is 1. The number of esters is 1. The third-order valence-corrected chi connectivity index (χ3v) is 3.97. The number of hydrogen-bond acceptors (Lipinski definition) is 5. The minimum atomic E-state index is -0.689. The van der Waals surface area contributed by atoms with Gasteiger partial charge in [0.05, 0.1) is 12.8 Å². The van der Waals surface area contributed by atoms with Crippen molar-refractivity contribution in [3.63, 3.8) is 0 Å². The average Bonchev–Trinajstić information content (AvgIpc) is 3.10. The van der Waals surface area contributed by atoms with Crippen LogP contribution in [-0.2, 0) is 22.5 Å². The Morgan fingerprint density at radius 3 is 2.91 bits per heavy atom. The molecule has 2 N–H and O–H groups in total. The Hall–Kier alpha value is -2.76. The lowest BCUT2D eigenvalue weighted by atomic mass is 10.1. The Bertz CT molecular complexity index is 738. The van der Waals surface area contributed by atoms with E-state index in [1.807, 2.05) is 12.1 Å². The van der Waals surface area contributed by atoms with Gasteiger partial charge in [0.1, 0.15) is 11.3 Å². The molecule has 23 heavy (non-hydrogen) atoms. The average molecular weight is 314 g/mol. The number of ether oxygens (including phenoxy) is 1. The first-order valence-corrected chi connectivity index (χ1v) is 7.42. The highest BCUT2D eigenvalue weighted by molar-refractivity contribution is 5.92. The van der Waals surface area contributed by atoms with E-state index in [9.17, 15) is 9.59 Å². The van der Waals surface area contributed by atoms with Gasteiger partial charge in [0.2, 0.25) is 0 Å². The van der Waals surface area contributed by atoms with Crippen LogP contribution in [0, 0.1) is 0 Å². The third-order valence-electron chi connectivity index (χ3n) is 3.97. The van der Waals surface area contributed by atoms with E-state index >= 15 is 0 Å². The van der Waals surface area contributed by atoms with Crippen LogP contribution in [0.15, 0.2) is 41.0 Å². The number of rotatable bonds is 5. The van der Waals surface area contributed by atoms with Gasteiger partial charge in [0.25, 0.3) is 5.91 Å². The van der Waals surface area contributed by atoms with E-state index in [1.54, 1.807) is 6.07 Å². The summed E-state index contributed by atoms with van der Waals surface area (Å²) in [6, 6.07) is 10.0. The molecular formula is C17H18N2O4. The van der Waals surface area contributed by atoms with Gasteiger partial charge in [0, 0.05) is 11.7 Å². The molecule has 0 fully saturated rings. The second-order valence-electron chi connectivity index (χ2n) is 5.61. The number of carbonyl (C=O) groups excluding carboxylic acids is 2. The summed E-state index contributed by atoms with van der Waals surface area (Å²) >= 11 is 0. The molecule has 0 spiro atoms. The molecular weight excluding hydrogens is 296 g/mol. The molecule has 1 aromatic heterocycles. The molecule has 3 rings (SSSR count). The summed E-state index contributed by atoms with van der Waals surface area (Å²) in [5, 5.41) is 0. The molecule has 1 atom stereocenters. The molecule has 2 heterocycles. The zero-order valence-electron chi connectivity index (χ0n) is 12.8.